The Labute approximate surface area is 192 Å². The molecule has 1 aliphatic rings. The summed E-state index contributed by atoms with van der Waals surface area (Å²) in [6.45, 7) is 7.42. The predicted molar refractivity (Wildman–Crippen MR) is 128 cm³/mol. The van der Waals surface area contributed by atoms with Crippen molar-refractivity contribution < 1.29 is 9.59 Å². The third-order valence-corrected chi connectivity index (χ3v) is 5.36. The summed E-state index contributed by atoms with van der Waals surface area (Å²) in [7, 11) is 0. The second kappa shape index (κ2) is 10.2. The highest BCUT2D eigenvalue weighted by Gasteiger charge is 2.17. The standard InChI is InChI=1S/C24H27N7O2/c1-16-4-6-19(18(12-16)23(32)30-21-7-5-17(2)13-27-21)29-24(33)20-14-28-22(15-26-20)31-10-3-8-25-9-11-31/h4-7,12-15,25H,3,8-11H2,1-2H3,(H,29,33)(H,27,30,32). The molecule has 1 aromatic carbocycles. The first-order valence-corrected chi connectivity index (χ1v) is 10.9. The molecular formula is C24H27N7O2. The predicted octanol–water partition coefficient (Wildman–Crippen LogP) is 2.79. The number of carbonyl (C=O) groups is 2. The topological polar surface area (TPSA) is 112 Å². The van der Waals surface area contributed by atoms with E-state index in [4.69, 9.17) is 0 Å². The van der Waals surface area contributed by atoms with E-state index in [0.717, 1.165) is 49.5 Å². The Kier molecular flexibility index (Phi) is 6.89. The number of hydrogen-bond acceptors (Lipinski definition) is 7. The molecule has 9 nitrogen and oxygen atoms in total. The van der Waals surface area contributed by atoms with Gasteiger partial charge in [0.15, 0.2) is 0 Å². The van der Waals surface area contributed by atoms with Crippen molar-refractivity contribution in [2.45, 2.75) is 20.3 Å². The highest BCUT2D eigenvalue weighted by Crippen LogP contribution is 2.20. The van der Waals surface area contributed by atoms with E-state index in [0.29, 0.717) is 17.1 Å². The van der Waals surface area contributed by atoms with Gasteiger partial charge in [0, 0.05) is 25.8 Å². The van der Waals surface area contributed by atoms with E-state index in [1.165, 1.54) is 6.20 Å². The Hall–Kier alpha value is -3.85. The first-order chi connectivity index (χ1) is 16.0. The van der Waals surface area contributed by atoms with Gasteiger partial charge in [0.2, 0.25) is 0 Å². The summed E-state index contributed by atoms with van der Waals surface area (Å²) in [5, 5.41) is 8.92. The smallest absolute Gasteiger partial charge is 0.275 e. The lowest BCUT2D eigenvalue weighted by Gasteiger charge is -2.20. The van der Waals surface area contributed by atoms with Gasteiger partial charge in [-0.15, -0.1) is 0 Å². The van der Waals surface area contributed by atoms with E-state index in [-0.39, 0.29) is 11.6 Å². The average molecular weight is 446 g/mol. The Morgan fingerprint density at radius 2 is 1.73 bits per heavy atom. The molecule has 0 bridgehead atoms. The Bertz CT molecular complexity index is 1120. The molecule has 0 unspecified atom stereocenters. The van der Waals surface area contributed by atoms with Crippen LogP contribution >= 0.6 is 0 Å². The molecule has 0 saturated carbocycles. The van der Waals surface area contributed by atoms with E-state index in [1.807, 2.05) is 26.0 Å². The zero-order valence-electron chi connectivity index (χ0n) is 18.8. The minimum absolute atomic E-state index is 0.179. The molecule has 2 amide bonds. The summed E-state index contributed by atoms with van der Waals surface area (Å²) in [6, 6.07) is 8.86. The summed E-state index contributed by atoms with van der Waals surface area (Å²) in [4.78, 5) is 40.8. The van der Waals surface area contributed by atoms with Gasteiger partial charge in [-0.1, -0.05) is 17.7 Å². The SMILES string of the molecule is Cc1ccc(NC(=O)c2cc(C)ccc2NC(=O)c2cnc(N3CCCNCC3)cn2)nc1. The number of amides is 2. The van der Waals surface area contributed by atoms with Crippen LogP contribution < -0.4 is 20.9 Å². The van der Waals surface area contributed by atoms with Crippen molar-refractivity contribution in [2.75, 3.05) is 41.7 Å². The molecule has 9 heteroatoms. The molecule has 2 aromatic heterocycles. The van der Waals surface area contributed by atoms with Crippen LogP contribution in [0.2, 0.25) is 0 Å². The molecular weight excluding hydrogens is 418 g/mol. The highest BCUT2D eigenvalue weighted by molar-refractivity contribution is 6.12. The fraction of sp³-hybridized carbons (Fsp3) is 0.292. The lowest BCUT2D eigenvalue weighted by atomic mass is 10.1. The maximum Gasteiger partial charge on any atom is 0.275 e. The molecule has 3 N–H and O–H groups in total. The first kappa shape index (κ1) is 22.3. The van der Waals surface area contributed by atoms with E-state index >= 15 is 0 Å². The molecule has 4 rings (SSSR count). The summed E-state index contributed by atoms with van der Waals surface area (Å²) in [5.74, 6) is 0.394. The van der Waals surface area contributed by atoms with Gasteiger partial charge in [-0.05, 0) is 50.6 Å². The van der Waals surface area contributed by atoms with E-state index in [2.05, 4.69) is 35.8 Å². The number of aromatic nitrogens is 3. The number of nitrogens with one attached hydrogen (secondary N) is 3. The normalized spacial score (nSPS) is 13.8. The molecule has 33 heavy (non-hydrogen) atoms. The fourth-order valence-electron chi connectivity index (χ4n) is 3.54. The molecule has 1 aliphatic heterocycles. The third-order valence-electron chi connectivity index (χ3n) is 5.36. The molecule has 170 valence electrons. The Morgan fingerprint density at radius 1 is 0.879 bits per heavy atom. The molecule has 1 saturated heterocycles. The monoisotopic (exact) mass is 445 g/mol. The summed E-state index contributed by atoms with van der Waals surface area (Å²) < 4.78 is 0. The maximum atomic E-state index is 12.9. The lowest BCUT2D eigenvalue weighted by molar-refractivity contribution is 0.102. The lowest BCUT2D eigenvalue weighted by Crippen LogP contribution is -2.29. The number of hydrogen-bond donors (Lipinski definition) is 3. The number of benzene rings is 1. The molecule has 0 spiro atoms. The second-order valence-corrected chi connectivity index (χ2v) is 8.03. The van der Waals surface area contributed by atoms with E-state index in [1.54, 1.807) is 30.6 Å². The molecule has 0 atom stereocenters. The minimum atomic E-state index is -0.432. The van der Waals surface area contributed by atoms with Crippen LogP contribution in [0.4, 0.5) is 17.3 Å². The van der Waals surface area contributed by atoms with Gasteiger partial charge >= 0.3 is 0 Å². The zero-order valence-corrected chi connectivity index (χ0v) is 18.8. The van der Waals surface area contributed by atoms with Crippen LogP contribution in [0.15, 0.2) is 48.9 Å². The zero-order chi connectivity index (χ0) is 23.2. The summed E-state index contributed by atoms with van der Waals surface area (Å²) in [6.07, 6.45) is 5.79. The number of nitrogens with zero attached hydrogens (tertiary/aromatic N) is 4. The van der Waals surface area contributed by atoms with Gasteiger partial charge < -0.3 is 20.9 Å². The molecule has 0 radical (unpaired) electrons. The number of aryl methyl sites for hydroxylation is 2. The van der Waals surface area contributed by atoms with Crippen molar-refractivity contribution in [2.24, 2.45) is 0 Å². The van der Waals surface area contributed by atoms with Crippen molar-refractivity contribution in [1.82, 2.24) is 20.3 Å². The quantitative estimate of drug-likeness (QED) is 0.554. The van der Waals surface area contributed by atoms with Gasteiger partial charge in [0.1, 0.15) is 17.3 Å². The van der Waals surface area contributed by atoms with Crippen molar-refractivity contribution in [3.8, 4) is 0 Å². The van der Waals surface area contributed by atoms with Crippen LogP contribution in [0.5, 0.6) is 0 Å². The van der Waals surface area contributed by atoms with Crippen LogP contribution in [0, 0.1) is 13.8 Å². The molecule has 1 fully saturated rings. The number of pyridine rings is 1. The number of rotatable bonds is 5. The maximum absolute atomic E-state index is 12.9. The molecule has 0 aliphatic carbocycles. The summed E-state index contributed by atoms with van der Waals surface area (Å²) >= 11 is 0. The highest BCUT2D eigenvalue weighted by atomic mass is 16.2. The van der Waals surface area contributed by atoms with E-state index in [9.17, 15) is 9.59 Å². The van der Waals surface area contributed by atoms with Gasteiger partial charge in [-0.2, -0.15) is 0 Å². The van der Waals surface area contributed by atoms with Crippen LogP contribution in [-0.2, 0) is 0 Å². The van der Waals surface area contributed by atoms with Gasteiger partial charge in [-0.25, -0.2) is 15.0 Å². The second-order valence-electron chi connectivity index (χ2n) is 8.03. The van der Waals surface area contributed by atoms with Crippen LogP contribution in [0.3, 0.4) is 0 Å². The van der Waals surface area contributed by atoms with Gasteiger partial charge in [0.05, 0.1) is 23.6 Å². The van der Waals surface area contributed by atoms with Crippen molar-refractivity contribution in [3.05, 3.63) is 71.3 Å². The number of anilines is 3. The third kappa shape index (κ3) is 5.69. The Balaban J connectivity index is 1.48. The Morgan fingerprint density at radius 3 is 2.48 bits per heavy atom. The van der Waals surface area contributed by atoms with Crippen LogP contribution in [-0.4, -0.2) is 52.9 Å². The largest absolute Gasteiger partial charge is 0.354 e. The molecule has 3 heterocycles. The summed E-state index contributed by atoms with van der Waals surface area (Å²) in [5.41, 5.74) is 2.80. The van der Waals surface area contributed by atoms with Crippen LogP contribution in [0.1, 0.15) is 38.4 Å². The first-order valence-electron chi connectivity index (χ1n) is 10.9. The van der Waals surface area contributed by atoms with Crippen LogP contribution in [0.25, 0.3) is 0 Å². The van der Waals surface area contributed by atoms with Gasteiger partial charge in [-0.3, -0.25) is 9.59 Å². The van der Waals surface area contributed by atoms with E-state index < -0.39 is 5.91 Å². The average Bonchev–Trinajstić information content (AvgIpc) is 3.11. The minimum Gasteiger partial charge on any atom is -0.354 e. The van der Waals surface area contributed by atoms with Gasteiger partial charge in [0.25, 0.3) is 11.8 Å². The van der Waals surface area contributed by atoms with Crippen molar-refractivity contribution in [1.29, 1.82) is 0 Å². The van der Waals surface area contributed by atoms with Crippen molar-refractivity contribution in [3.63, 3.8) is 0 Å². The molecule has 3 aromatic rings. The van der Waals surface area contributed by atoms with Crippen molar-refractivity contribution >= 4 is 29.1 Å². The fourth-order valence-corrected chi connectivity index (χ4v) is 3.54. The number of carbonyl (C=O) groups excluding carboxylic acids is 2.